The van der Waals surface area contributed by atoms with Crippen LogP contribution in [-0.4, -0.2) is 25.0 Å². The maximum atomic E-state index is 6.08. The quantitative estimate of drug-likeness (QED) is 0.386. The van der Waals surface area contributed by atoms with Gasteiger partial charge in [-0.25, -0.2) is 9.97 Å². The lowest BCUT2D eigenvalue weighted by atomic mass is 10.2. The Kier molecular flexibility index (Phi) is 4.38. The molecule has 124 valence electrons. The SMILES string of the molecule is CC(Sc1ncnc2c1nnn2-c1cccc(Cl)c1)c1ccccc1. The summed E-state index contributed by atoms with van der Waals surface area (Å²) < 4.78 is 1.68. The highest BCUT2D eigenvalue weighted by Gasteiger charge is 2.16. The fourth-order valence-corrected chi connectivity index (χ4v) is 3.72. The Morgan fingerprint density at radius 2 is 1.88 bits per heavy atom. The van der Waals surface area contributed by atoms with Gasteiger partial charge in [-0.1, -0.05) is 65.0 Å². The summed E-state index contributed by atoms with van der Waals surface area (Å²) in [7, 11) is 0. The minimum absolute atomic E-state index is 0.246. The van der Waals surface area contributed by atoms with E-state index in [1.807, 2.05) is 42.5 Å². The molecule has 4 aromatic rings. The van der Waals surface area contributed by atoms with Gasteiger partial charge in [0.25, 0.3) is 0 Å². The average Bonchev–Trinajstić information content (AvgIpc) is 3.07. The summed E-state index contributed by atoms with van der Waals surface area (Å²) in [5.41, 5.74) is 3.41. The van der Waals surface area contributed by atoms with E-state index in [9.17, 15) is 0 Å². The minimum Gasteiger partial charge on any atom is -0.227 e. The highest BCUT2D eigenvalue weighted by molar-refractivity contribution is 7.99. The molecule has 0 bridgehead atoms. The van der Waals surface area contributed by atoms with Crippen LogP contribution in [0.2, 0.25) is 5.02 Å². The van der Waals surface area contributed by atoms with Crippen LogP contribution in [0.15, 0.2) is 66.0 Å². The third-order valence-corrected chi connectivity index (χ3v) is 5.20. The van der Waals surface area contributed by atoms with Crippen LogP contribution >= 0.6 is 23.4 Å². The monoisotopic (exact) mass is 367 g/mol. The highest BCUT2D eigenvalue weighted by Crippen LogP contribution is 2.36. The van der Waals surface area contributed by atoms with E-state index in [1.54, 1.807) is 22.8 Å². The summed E-state index contributed by atoms with van der Waals surface area (Å²) in [6.07, 6.45) is 1.55. The van der Waals surface area contributed by atoms with Crippen molar-refractivity contribution >= 4 is 34.5 Å². The van der Waals surface area contributed by atoms with Gasteiger partial charge in [0.15, 0.2) is 11.2 Å². The molecule has 4 rings (SSSR count). The largest absolute Gasteiger partial charge is 0.227 e. The standard InChI is InChI=1S/C18H14ClN5S/c1-12(13-6-3-2-4-7-13)25-18-16-17(20-11-21-18)24(23-22-16)15-9-5-8-14(19)10-15/h2-12H,1H3. The van der Waals surface area contributed by atoms with E-state index in [2.05, 4.69) is 39.3 Å². The average molecular weight is 368 g/mol. The van der Waals surface area contributed by atoms with Crippen LogP contribution in [-0.2, 0) is 0 Å². The molecule has 0 saturated carbocycles. The van der Waals surface area contributed by atoms with Crippen LogP contribution in [0.3, 0.4) is 0 Å². The van der Waals surface area contributed by atoms with Crippen LogP contribution in [0.25, 0.3) is 16.9 Å². The van der Waals surface area contributed by atoms with Crippen molar-refractivity contribution in [3.63, 3.8) is 0 Å². The molecule has 0 N–H and O–H groups in total. The zero-order chi connectivity index (χ0) is 17.2. The summed E-state index contributed by atoms with van der Waals surface area (Å²) in [6, 6.07) is 17.8. The van der Waals surface area contributed by atoms with Crippen LogP contribution in [0.5, 0.6) is 0 Å². The molecule has 0 radical (unpaired) electrons. The molecule has 5 nitrogen and oxygen atoms in total. The number of hydrogen-bond donors (Lipinski definition) is 0. The van der Waals surface area contributed by atoms with Crippen LogP contribution in [0.1, 0.15) is 17.7 Å². The van der Waals surface area contributed by atoms with Gasteiger partial charge in [0, 0.05) is 10.3 Å². The van der Waals surface area contributed by atoms with E-state index in [1.165, 1.54) is 5.56 Å². The van der Waals surface area contributed by atoms with E-state index in [-0.39, 0.29) is 5.25 Å². The summed E-state index contributed by atoms with van der Waals surface area (Å²) in [6.45, 7) is 2.15. The van der Waals surface area contributed by atoms with Crippen LogP contribution in [0.4, 0.5) is 0 Å². The van der Waals surface area contributed by atoms with Crippen molar-refractivity contribution in [1.29, 1.82) is 0 Å². The van der Waals surface area contributed by atoms with Crippen molar-refractivity contribution in [1.82, 2.24) is 25.0 Å². The van der Waals surface area contributed by atoms with Gasteiger partial charge in [-0.3, -0.25) is 0 Å². The minimum atomic E-state index is 0.246. The summed E-state index contributed by atoms with van der Waals surface area (Å²) in [5, 5.41) is 10.2. The summed E-state index contributed by atoms with van der Waals surface area (Å²) in [4.78, 5) is 8.77. The second-order valence-corrected chi connectivity index (χ2v) is 7.27. The number of rotatable bonds is 4. The molecule has 0 aliphatic heterocycles. The van der Waals surface area contributed by atoms with Crippen molar-refractivity contribution in [2.24, 2.45) is 0 Å². The predicted octanol–water partition coefficient (Wildman–Crippen LogP) is 4.72. The van der Waals surface area contributed by atoms with E-state index >= 15 is 0 Å². The lowest BCUT2D eigenvalue weighted by Gasteiger charge is -2.10. The van der Waals surface area contributed by atoms with Crippen molar-refractivity contribution < 1.29 is 0 Å². The lowest BCUT2D eigenvalue weighted by molar-refractivity contribution is 0.817. The van der Waals surface area contributed by atoms with Crippen molar-refractivity contribution in [3.8, 4) is 5.69 Å². The molecule has 1 atom stereocenters. The first-order chi connectivity index (χ1) is 12.2. The molecule has 0 saturated heterocycles. The first-order valence-electron chi connectivity index (χ1n) is 7.76. The van der Waals surface area contributed by atoms with Gasteiger partial charge in [-0.15, -0.1) is 5.10 Å². The fraction of sp³-hybridized carbons (Fsp3) is 0.111. The maximum absolute atomic E-state index is 6.08. The Bertz CT molecular complexity index is 1020. The van der Waals surface area contributed by atoms with Gasteiger partial charge in [0.1, 0.15) is 11.4 Å². The fourth-order valence-electron chi connectivity index (χ4n) is 2.56. The number of hydrogen-bond acceptors (Lipinski definition) is 5. The van der Waals surface area contributed by atoms with Gasteiger partial charge >= 0.3 is 0 Å². The normalized spacial score (nSPS) is 12.4. The van der Waals surface area contributed by atoms with Crippen LogP contribution < -0.4 is 0 Å². The molecule has 0 aliphatic rings. The molecular weight excluding hydrogens is 354 g/mol. The molecule has 7 heteroatoms. The number of halogens is 1. The second-order valence-electron chi connectivity index (χ2n) is 5.50. The number of nitrogens with zero attached hydrogens (tertiary/aromatic N) is 5. The van der Waals surface area contributed by atoms with E-state index in [0.717, 1.165) is 10.7 Å². The molecule has 0 amide bonds. The zero-order valence-electron chi connectivity index (χ0n) is 13.4. The van der Waals surface area contributed by atoms with Gasteiger partial charge in [0.05, 0.1) is 5.69 Å². The van der Waals surface area contributed by atoms with E-state index in [0.29, 0.717) is 16.2 Å². The lowest BCUT2D eigenvalue weighted by Crippen LogP contribution is -1.98. The van der Waals surface area contributed by atoms with Gasteiger partial charge < -0.3 is 0 Å². The molecule has 0 spiro atoms. The first kappa shape index (κ1) is 16.1. The number of thioether (sulfide) groups is 1. The van der Waals surface area contributed by atoms with Gasteiger partial charge in [-0.05, 0) is 30.7 Å². The second kappa shape index (κ2) is 6.82. The Hall–Kier alpha value is -2.44. The number of fused-ring (bicyclic) bond motifs is 1. The summed E-state index contributed by atoms with van der Waals surface area (Å²) >= 11 is 7.73. The molecular formula is C18H14ClN5S. The van der Waals surface area contributed by atoms with Crippen LogP contribution in [0, 0.1) is 0 Å². The molecule has 2 aromatic carbocycles. The zero-order valence-corrected chi connectivity index (χ0v) is 14.9. The Labute approximate surface area is 154 Å². The smallest absolute Gasteiger partial charge is 0.187 e. The summed E-state index contributed by atoms with van der Waals surface area (Å²) in [5.74, 6) is 0. The van der Waals surface area contributed by atoms with Crippen molar-refractivity contribution in [2.45, 2.75) is 17.2 Å². The Morgan fingerprint density at radius 3 is 2.68 bits per heavy atom. The van der Waals surface area contributed by atoms with Crippen molar-refractivity contribution in [3.05, 3.63) is 71.5 Å². The molecule has 2 aromatic heterocycles. The Balaban J connectivity index is 1.72. The third kappa shape index (κ3) is 3.23. The third-order valence-electron chi connectivity index (χ3n) is 3.81. The number of aromatic nitrogens is 5. The molecule has 1 unspecified atom stereocenters. The Morgan fingerprint density at radius 1 is 1.04 bits per heavy atom. The van der Waals surface area contributed by atoms with E-state index < -0.39 is 0 Å². The maximum Gasteiger partial charge on any atom is 0.187 e. The topological polar surface area (TPSA) is 56.5 Å². The van der Waals surface area contributed by atoms with E-state index in [4.69, 9.17) is 11.6 Å². The van der Waals surface area contributed by atoms with Gasteiger partial charge in [-0.2, -0.15) is 4.68 Å². The molecule has 2 heterocycles. The predicted molar refractivity (Wildman–Crippen MR) is 100 cm³/mol. The first-order valence-corrected chi connectivity index (χ1v) is 9.02. The van der Waals surface area contributed by atoms with Gasteiger partial charge in [0.2, 0.25) is 0 Å². The molecule has 25 heavy (non-hydrogen) atoms. The molecule has 0 aliphatic carbocycles. The van der Waals surface area contributed by atoms with Crippen molar-refractivity contribution in [2.75, 3.05) is 0 Å². The number of benzene rings is 2. The highest BCUT2D eigenvalue weighted by atomic mass is 35.5. The molecule has 0 fully saturated rings.